The van der Waals surface area contributed by atoms with Crippen molar-refractivity contribution in [2.45, 2.75) is 35.7 Å². The number of rotatable bonds is 3. The average Bonchev–Trinajstić information content (AvgIpc) is 2.88. The smallest absolute Gasteiger partial charge is 0.137 e. The molecular formula is C16H15FOS. The lowest BCUT2D eigenvalue weighted by atomic mass is 10.1. The van der Waals surface area contributed by atoms with Crippen molar-refractivity contribution in [3.63, 3.8) is 0 Å². The molecule has 0 unspecified atom stereocenters. The van der Waals surface area contributed by atoms with Crippen molar-refractivity contribution in [2.24, 2.45) is 0 Å². The van der Waals surface area contributed by atoms with Crippen molar-refractivity contribution >= 4 is 11.8 Å². The molecule has 0 saturated carbocycles. The van der Waals surface area contributed by atoms with Crippen LogP contribution in [0.5, 0.6) is 0 Å². The number of fused-ring (bicyclic) bond motifs is 1. The second-order valence-corrected chi connectivity index (χ2v) is 5.86. The van der Waals surface area contributed by atoms with Crippen LogP contribution in [0.15, 0.2) is 46.2 Å². The van der Waals surface area contributed by atoms with Crippen molar-refractivity contribution in [2.75, 3.05) is 0 Å². The van der Waals surface area contributed by atoms with E-state index >= 15 is 0 Å². The van der Waals surface area contributed by atoms with E-state index in [0.717, 1.165) is 17.7 Å². The predicted octanol–water partition coefficient (Wildman–Crippen LogP) is 3.96. The van der Waals surface area contributed by atoms with Crippen LogP contribution in [0.2, 0.25) is 0 Å². The highest BCUT2D eigenvalue weighted by molar-refractivity contribution is 7.99. The van der Waals surface area contributed by atoms with Crippen molar-refractivity contribution in [1.82, 2.24) is 0 Å². The number of aliphatic hydroxyl groups excluding tert-OH is 1. The molecule has 0 radical (unpaired) electrons. The van der Waals surface area contributed by atoms with Crippen LogP contribution in [-0.2, 0) is 19.4 Å². The zero-order valence-electron chi connectivity index (χ0n) is 10.5. The van der Waals surface area contributed by atoms with E-state index in [1.165, 1.54) is 35.4 Å². The minimum absolute atomic E-state index is 0.134. The fourth-order valence-corrected chi connectivity index (χ4v) is 3.52. The first-order chi connectivity index (χ1) is 9.28. The van der Waals surface area contributed by atoms with E-state index in [4.69, 9.17) is 0 Å². The maximum atomic E-state index is 13.9. The van der Waals surface area contributed by atoms with Crippen molar-refractivity contribution in [3.8, 4) is 0 Å². The molecule has 0 saturated heterocycles. The Hall–Kier alpha value is -1.32. The highest BCUT2D eigenvalue weighted by atomic mass is 32.2. The Kier molecular flexibility index (Phi) is 3.58. The number of hydrogen-bond donors (Lipinski definition) is 1. The van der Waals surface area contributed by atoms with Gasteiger partial charge in [-0.25, -0.2) is 4.39 Å². The largest absolute Gasteiger partial charge is 0.392 e. The van der Waals surface area contributed by atoms with E-state index in [2.05, 4.69) is 12.1 Å². The van der Waals surface area contributed by atoms with E-state index in [9.17, 15) is 9.50 Å². The van der Waals surface area contributed by atoms with Crippen LogP contribution in [0.4, 0.5) is 4.39 Å². The predicted molar refractivity (Wildman–Crippen MR) is 74.9 cm³/mol. The summed E-state index contributed by atoms with van der Waals surface area (Å²) in [6, 6.07) is 11.2. The molecule has 0 bridgehead atoms. The number of aliphatic hydroxyl groups is 1. The van der Waals surface area contributed by atoms with E-state index in [-0.39, 0.29) is 12.4 Å². The minimum atomic E-state index is -0.267. The number of benzene rings is 2. The zero-order chi connectivity index (χ0) is 13.2. The van der Waals surface area contributed by atoms with Crippen LogP contribution < -0.4 is 0 Å². The van der Waals surface area contributed by atoms with E-state index in [1.807, 2.05) is 6.07 Å². The molecule has 0 fully saturated rings. The summed E-state index contributed by atoms with van der Waals surface area (Å²) in [5, 5.41) is 9.30. The van der Waals surface area contributed by atoms with Gasteiger partial charge in [0.15, 0.2) is 0 Å². The molecular weight excluding hydrogens is 259 g/mol. The lowest BCUT2D eigenvalue weighted by molar-refractivity contribution is 0.277. The molecule has 19 heavy (non-hydrogen) atoms. The normalized spacial score (nSPS) is 13.6. The molecule has 0 atom stereocenters. The van der Waals surface area contributed by atoms with Gasteiger partial charge in [0.2, 0.25) is 0 Å². The zero-order valence-corrected chi connectivity index (χ0v) is 11.3. The monoisotopic (exact) mass is 274 g/mol. The van der Waals surface area contributed by atoms with Crippen LogP contribution in [0.3, 0.4) is 0 Å². The van der Waals surface area contributed by atoms with Gasteiger partial charge in [0.05, 0.1) is 11.5 Å². The molecule has 0 amide bonds. The van der Waals surface area contributed by atoms with Gasteiger partial charge in [-0.15, -0.1) is 0 Å². The summed E-state index contributed by atoms with van der Waals surface area (Å²) in [7, 11) is 0. The molecule has 1 aliphatic rings. The average molecular weight is 274 g/mol. The van der Waals surface area contributed by atoms with E-state index in [1.54, 1.807) is 12.1 Å². The third-order valence-electron chi connectivity index (χ3n) is 3.51. The molecule has 2 aromatic carbocycles. The SMILES string of the molecule is OCc1cccc(F)c1Sc1ccc2c(c1)CCC2. The van der Waals surface area contributed by atoms with Crippen LogP contribution in [-0.4, -0.2) is 5.11 Å². The van der Waals surface area contributed by atoms with Crippen molar-refractivity contribution < 1.29 is 9.50 Å². The van der Waals surface area contributed by atoms with Gasteiger partial charge in [0.25, 0.3) is 0 Å². The molecule has 98 valence electrons. The van der Waals surface area contributed by atoms with Gasteiger partial charge < -0.3 is 5.11 Å². The summed E-state index contributed by atoms with van der Waals surface area (Å²) in [4.78, 5) is 1.57. The van der Waals surface area contributed by atoms with Gasteiger partial charge in [-0.2, -0.15) is 0 Å². The summed E-state index contributed by atoms with van der Waals surface area (Å²) < 4.78 is 13.9. The Balaban J connectivity index is 1.93. The third kappa shape index (κ3) is 2.53. The first-order valence-electron chi connectivity index (χ1n) is 6.46. The standard InChI is InChI=1S/C16H15FOS/c17-15-6-2-5-13(10-18)16(15)19-14-8-7-11-3-1-4-12(11)9-14/h2,5-9,18H,1,3-4,10H2. The van der Waals surface area contributed by atoms with Crippen LogP contribution in [0.25, 0.3) is 0 Å². The Morgan fingerprint density at radius 3 is 2.79 bits per heavy atom. The fraction of sp³-hybridized carbons (Fsp3) is 0.250. The molecule has 0 aliphatic heterocycles. The second-order valence-electron chi connectivity index (χ2n) is 4.77. The highest BCUT2D eigenvalue weighted by Gasteiger charge is 2.13. The second kappa shape index (κ2) is 5.35. The van der Waals surface area contributed by atoms with Gasteiger partial charge in [0.1, 0.15) is 5.82 Å². The first kappa shape index (κ1) is 12.7. The quantitative estimate of drug-likeness (QED) is 0.914. The molecule has 0 heterocycles. The van der Waals surface area contributed by atoms with Crippen molar-refractivity contribution in [1.29, 1.82) is 0 Å². The van der Waals surface area contributed by atoms with Gasteiger partial charge >= 0.3 is 0 Å². The van der Waals surface area contributed by atoms with Gasteiger partial charge in [-0.1, -0.05) is 30.0 Å². The molecule has 3 heteroatoms. The summed E-state index contributed by atoms with van der Waals surface area (Å²) in [6.07, 6.45) is 3.49. The number of halogens is 1. The maximum Gasteiger partial charge on any atom is 0.137 e. The third-order valence-corrected chi connectivity index (χ3v) is 4.66. The van der Waals surface area contributed by atoms with Crippen LogP contribution >= 0.6 is 11.8 Å². The molecule has 0 spiro atoms. The minimum Gasteiger partial charge on any atom is -0.392 e. The first-order valence-corrected chi connectivity index (χ1v) is 7.27. The Labute approximate surface area is 116 Å². The lowest BCUT2D eigenvalue weighted by Crippen LogP contribution is -1.92. The maximum absolute atomic E-state index is 13.9. The Morgan fingerprint density at radius 1 is 1.11 bits per heavy atom. The summed E-state index contributed by atoms with van der Waals surface area (Å²) in [5.74, 6) is -0.267. The van der Waals surface area contributed by atoms with Gasteiger partial charge in [-0.3, -0.25) is 0 Å². The van der Waals surface area contributed by atoms with Gasteiger partial charge in [-0.05, 0) is 54.2 Å². The topological polar surface area (TPSA) is 20.2 Å². The van der Waals surface area contributed by atoms with Crippen molar-refractivity contribution in [3.05, 3.63) is 58.9 Å². The van der Waals surface area contributed by atoms with E-state index in [0.29, 0.717) is 10.5 Å². The Morgan fingerprint density at radius 2 is 1.95 bits per heavy atom. The van der Waals surface area contributed by atoms with E-state index < -0.39 is 0 Å². The lowest BCUT2D eigenvalue weighted by Gasteiger charge is -2.09. The molecule has 1 aliphatic carbocycles. The molecule has 1 N–H and O–H groups in total. The summed E-state index contributed by atoms with van der Waals surface area (Å²) in [5.41, 5.74) is 3.44. The number of aryl methyl sites for hydroxylation is 2. The van der Waals surface area contributed by atoms with Gasteiger partial charge in [0, 0.05) is 4.90 Å². The highest BCUT2D eigenvalue weighted by Crippen LogP contribution is 2.35. The fourth-order valence-electron chi connectivity index (χ4n) is 2.52. The summed E-state index contributed by atoms with van der Waals surface area (Å²) >= 11 is 1.40. The molecule has 0 aromatic heterocycles. The summed E-state index contributed by atoms with van der Waals surface area (Å²) in [6.45, 7) is -0.134. The van der Waals surface area contributed by atoms with Crippen LogP contribution in [0.1, 0.15) is 23.1 Å². The van der Waals surface area contributed by atoms with Crippen LogP contribution in [0, 0.1) is 5.82 Å². The molecule has 1 nitrogen and oxygen atoms in total. The molecule has 2 aromatic rings. The molecule has 3 rings (SSSR count). The Bertz CT molecular complexity index is 610. The number of hydrogen-bond acceptors (Lipinski definition) is 2.